The van der Waals surface area contributed by atoms with Crippen LogP contribution in [0.5, 0.6) is 5.75 Å². The molecule has 2 rings (SSSR count). The fourth-order valence-electron chi connectivity index (χ4n) is 2.13. The van der Waals surface area contributed by atoms with Crippen molar-refractivity contribution in [2.45, 2.75) is 25.6 Å². The number of hydrogen-bond donors (Lipinski definition) is 2. The van der Waals surface area contributed by atoms with Crippen LogP contribution in [-0.2, 0) is 11.2 Å². The molecule has 19 heavy (non-hydrogen) atoms. The highest BCUT2D eigenvalue weighted by molar-refractivity contribution is 5.79. The third-order valence-corrected chi connectivity index (χ3v) is 3.20. The summed E-state index contributed by atoms with van der Waals surface area (Å²) < 4.78 is 5.33. The Labute approximate surface area is 112 Å². The highest BCUT2D eigenvalue weighted by Crippen LogP contribution is 2.15. The summed E-state index contributed by atoms with van der Waals surface area (Å²) in [6, 6.07) is 7.37. The molecule has 1 heterocycles. The minimum atomic E-state index is -0.829. The molecule has 1 saturated heterocycles. The zero-order valence-corrected chi connectivity index (χ0v) is 11.0. The number of aliphatic hydroxyl groups excluding tert-OH is 2. The summed E-state index contributed by atoms with van der Waals surface area (Å²) in [5, 5.41) is 18.8. The van der Waals surface area contributed by atoms with Gasteiger partial charge in [-0.25, -0.2) is 0 Å². The van der Waals surface area contributed by atoms with Crippen LogP contribution in [0.4, 0.5) is 0 Å². The first-order valence-corrected chi connectivity index (χ1v) is 6.45. The van der Waals surface area contributed by atoms with E-state index in [-0.39, 0.29) is 25.4 Å². The van der Waals surface area contributed by atoms with E-state index in [4.69, 9.17) is 4.74 Å². The fraction of sp³-hybridized carbons (Fsp3) is 0.500. The molecule has 1 aromatic rings. The van der Waals surface area contributed by atoms with E-state index in [0.29, 0.717) is 6.61 Å². The van der Waals surface area contributed by atoms with Crippen LogP contribution in [0.25, 0.3) is 0 Å². The minimum Gasteiger partial charge on any atom is -0.494 e. The molecule has 2 unspecified atom stereocenters. The number of rotatable bonds is 4. The number of likely N-dealkylation sites (tertiary alicyclic amines) is 1. The van der Waals surface area contributed by atoms with Gasteiger partial charge in [-0.15, -0.1) is 0 Å². The zero-order chi connectivity index (χ0) is 13.8. The Morgan fingerprint density at radius 2 is 1.84 bits per heavy atom. The molecule has 104 valence electrons. The molecule has 0 radical (unpaired) electrons. The van der Waals surface area contributed by atoms with Gasteiger partial charge in [0.25, 0.3) is 0 Å². The molecule has 1 amide bonds. The SMILES string of the molecule is CCOc1ccc(CC(=O)N2CC(O)C(O)C2)cc1. The first-order valence-electron chi connectivity index (χ1n) is 6.45. The van der Waals surface area contributed by atoms with Gasteiger partial charge in [0.15, 0.2) is 0 Å². The van der Waals surface area contributed by atoms with Crippen LogP contribution in [0, 0.1) is 0 Å². The third-order valence-electron chi connectivity index (χ3n) is 3.20. The highest BCUT2D eigenvalue weighted by Gasteiger charge is 2.32. The fourth-order valence-corrected chi connectivity index (χ4v) is 2.13. The van der Waals surface area contributed by atoms with Crippen molar-refractivity contribution in [1.29, 1.82) is 0 Å². The van der Waals surface area contributed by atoms with Crippen LogP contribution in [0.1, 0.15) is 12.5 Å². The third kappa shape index (κ3) is 3.45. The maximum Gasteiger partial charge on any atom is 0.227 e. The smallest absolute Gasteiger partial charge is 0.227 e. The predicted octanol–water partition coefficient (Wildman–Crippen LogP) is 0.192. The molecule has 0 spiro atoms. The maximum atomic E-state index is 12.0. The summed E-state index contributed by atoms with van der Waals surface area (Å²) in [4.78, 5) is 13.5. The van der Waals surface area contributed by atoms with E-state index in [2.05, 4.69) is 0 Å². The van der Waals surface area contributed by atoms with Crippen molar-refractivity contribution < 1.29 is 19.7 Å². The normalized spacial score (nSPS) is 22.6. The highest BCUT2D eigenvalue weighted by atomic mass is 16.5. The number of β-amino-alcohol motifs (C(OH)–C–C–N with tert-alkyl or cyclic N) is 2. The van der Waals surface area contributed by atoms with Crippen molar-refractivity contribution >= 4 is 5.91 Å². The van der Waals surface area contributed by atoms with Crippen molar-refractivity contribution in [3.63, 3.8) is 0 Å². The Bertz CT molecular complexity index is 422. The molecular weight excluding hydrogens is 246 g/mol. The molecule has 0 aliphatic carbocycles. The lowest BCUT2D eigenvalue weighted by Crippen LogP contribution is -2.31. The van der Waals surface area contributed by atoms with Crippen molar-refractivity contribution in [2.75, 3.05) is 19.7 Å². The van der Waals surface area contributed by atoms with Crippen LogP contribution < -0.4 is 4.74 Å². The van der Waals surface area contributed by atoms with Gasteiger partial charge in [0.1, 0.15) is 5.75 Å². The van der Waals surface area contributed by atoms with Crippen LogP contribution >= 0.6 is 0 Å². The average Bonchev–Trinajstić information content (AvgIpc) is 2.72. The number of carbonyl (C=O) groups excluding carboxylic acids is 1. The lowest BCUT2D eigenvalue weighted by molar-refractivity contribution is -0.129. The second-order valence-electron chi connectivity index (χ2n) is 4.69. The summed E-state index contributed by atoms with van der Waals surface area (Å²) in [6.45, 7) is 2.94. The predicted molar refractivity (Wildman–Crippen MR) is 69.9 cm³/mol. The van der Waals surface area contributed by atoms with Gasteiger partial charge < -0.3 is 19.8 Å². The molecule has 1 aromatic carbocycles. The van der Waals surface area contributed by atoms with E-state index in [1.807, 2.05) is 31.2 Å². The summed E-state index contributed by atoms with van der Waals surface area (Å²) in [5.74, 6) is 0.700. The lowest BCUT2D eigenvalue weighted by Gasteiger charge is -2.15. The van der Waals surface area contributed by atoms with Crippen LogP contribution in [0.2, 0.25) is 0 Å². The summed E-state index contributed by atoms with van der Waals surface area (Å²) in [6.07, 6.45) is -1.39. The number of hydrogen-bond acceptors (Lipinski definition) is 4. The molecule has 2 atom stereocenters. The quantitative estimate of drug-likeness (QED) is 0.815. The molecule has 5 nitrogen and oxygen atoms in total. The van der Waals surface area contributed by atoms with Gasteiger partial charge in [-0.1, -0.05) is 12.1 Å². The van der Waals surface area contributed by atoms with E-state index in [1.54, 1.807) is 0 Å². The number of benzene rings is 1. The summed E-state index contributed by atoms with van der Waals surface area (Å²) in [7, 11) is 0. The minimum absolute atomic E-state index is 0.0836. The Balaban J connectivity index is 1.92. The van der Waals surface area contributed by atoms with E-state index >= 15 is 0 Å². The Hall–Kier alpha value is -1.59. The largest absolute Gasteiger partial charge is 0.494 e. The van der Waals surface area contributed by atoms with Gasteiger partial charge in [0.2, 0.25) is 5.91 Å². The molecule has 5 heteroatoms. The molecule has 0 aromatic heterocycles. The summed E-state index contributed by atoms with van der Waals surface area (Å²) >= 11 is 0. The van der Waals surface area contributed by atoms with E-state index < -0.39 is 12.2 Å². The first kappa shape index (κ1) is 13.8. The standard InChI is InChI=1S/C14H19NO4/c1-2-19-11-5-3-10(4-6-11)7-14(18)15-8-12(16)13(17)9-15/h3-6,12-13,16-17H,2,7-9H2,1H3. The van der Waals surface area contributed by atoms with E-state index in [0.717, 1.165) is 11.3 Å². The van der Waals surface area contributed by atoms with Crippen LogP contribution in [0.3, 0.4) is 0 Å². The van der Waals surface area contributed by atoms with Crippen molar-refractivity contribution in [3.05, 3.63) is 29.8 Å². The molecule has 1 aliphatic rings. The van der Waals surface area contributed by atoms with Gasteiger partial charge in [-0.3, -0.25) is 4.79 Å². The number of amides is 1. The van der Waals surface area contributed by atoms with Gasteiger partial charge in [-0.2, -0.15) is 0 Å². The average molecular weight is 265 g/mol. The Morgan fingerprint density at radius 1 is 1.26 bits per heavy atom. The maximum absolute atomic E-state index is 12.0. The molecule has 1 aliphatic heterocycles. The Kier molecular flexibility index (Phi) is 4.39. The lowest BCUT2D eigenvalue weighted by atomic mass is 10.1. The zero-order valence-electron chi connectivity index (χ0n) is 11.0. The molecule has 0 bridgehead atoms. The number of carbonyl (C=O) groups is 1. The van der Waals surface area contributed by atoms with Crippen molar-refractivity contribution in [1.82, 2.24) is 4.90 Å². The summed E-state index contributed by atoms with van der Waals surface area (Å²) in [5.41, 5.74) is 0.893. The van der Waals surface area contributed by atoms with Crippen molar-refractivity contribution in [2.24, 2.45) is 0 Å². The molecule has 0 saturated carbocycles. The second-order valence-corrected chi connectivity index (χ2v) is 4.69. The monoisotopic (exact) mass is 265 g/mol. The first-order chi connectivity index (χ1) is 9.10. The number of ether oxygens (including phenoxy) is 1. The molecule has 1 fully saturated rings. The molecule has 2 N–H and O–H groups in total. The molecular formula is C14H19NO4. The number of nitrogens with zero attached hydrogens (tertiary/aromatic N) is 1. The van der Waals surface area contributed by atoms with Gasteiger partial charge in [0.05, 0.1) is 25.2 Å². The van der Waals surface area contributed by atoms with Crippen LogP contribution in [-0.4, -0.2) is 52.9 Å². The van der Waals surface area contributed by atoms with Gasteiger partial charge in [-0.05, 0) is 24.6 Å². The van der Waals surface area contributed by atoms with Gasteiger partial charge in [0, 0.05) is 13.1 Å². The van der Waals surface area contributed by atoms with E-state index in [9.17, 15) is 15.0 Å². The van der Waals surface area contributed by atoms with Gasteiger partial charge >= 0.3 is 0 Å². The van der Waals surface area contributed by atoms with E-state index in [1.165, 1.54) is 4.90 Å². The van der Waals surface area contributed by atoms with Crippen LogP contribution in [0.15, 0.2) is 24.3 Å². The van der Waals surface area contributed by atoms with Crippen molar-refractivity contribution in [3.8, 4) is 5.75 Å². The topological polar surface area (TPSA) is 70.0 Å². The Morgan fingerprint density at radius 3 is 2.37 bits per heavy atom. The second kappa shape index (κ2) is 6.04. The number of aliphatic hydroxyl groups is 2.